The number of nitrogens with zero attached hydrogens (tertiary/aromatic N) is 5. The maximum atomic E-state index is 5.98. The number of rotatable bonds is 6. The molecule has 0 saturated carbocycles. The van der Waals surface area contributed by atoms with Crippen LogP contribution in [-0.2, 0) is 0 Å². The number of halogens is 1. The molecule has 0 atom stereocenters. The lowest BCUT2D eigenvalue weighted by Gasteiger charge is -2.34. The van der Waals surface area contributed by atoms with Crippen LogP contribution < -0.4 is 20.7 Å². The van der Waals surface area contributed by atoms with Crippen LogP contribution in [0.1, 0.15) is 0 Å². The van der Waals surface area contributed by atoms with Gasteiger partial charge in [-0.2, -0.15) is 0 Å². The summed E-state index contributed by atoms with van der Waals surface area (Å²) in [4.78, 5) is 17.6. The highest BCUT2D eigenvalue weighted by molar-refractivity contribution is 14.0. The fourth-order valence-electron chi connectivity index (χ4n) is 2.86. The quantitative estimate of drug-likeness (QED) is 0.367. The maximum absolute atomic E-state index is 5.98. The molecule has 0 bridgehead atoms. The van der Waals surface area contributed by atoms with E-state index in [0.717, 1.165) is 50.1 Å². The van der Waals surface area contributed by atoms with Crippen molar-refractivity contribution >= 4 is 41.6 Å². The van der Waals surface area contributed by atoms with Crippen LogP contribution in [0.4, 0.5) is 11.6 Å². The van der Waals surface area contributed by atoms with Gasteiger partial charge in [0.2, 0.25) is 5.95 Å². The van der Waals surface area contributed by atoms with Gasteiger partial charge in [0.05, 0.1) is 19.3 Å². The van der Waals surface area contributed by atoms with E-state index in [4.69, 9.17) is 10.5 Å². The minimum atomic E-state index is 0. The van der Waals surface area contributed by atoms with Gasteiger partial charge in [-0.1, -0.05) is 12.1 Å². The molecule has 0 radical (unpaired) electrons. The summed E-state index contributed by atoms with van der Waals surface area (Å²) in [6.45, 7) is 5.29. The van der Waals surface area contributed by atoms with Gasteiger partial charge in [0.25, 0.3) is 0 Å². The maximum Gasteiger partial charge on any atom is 0.225 e. The Kier molecular flexibility index (Phi) is 8.52. The molecule has 2 aromatic rings. The summed E-state index contributed by atoms with van der Waals surface area (Å²) >= 11 is 0. The predicted octanol–water partition coefficient (Wildman–Crippen LogP) is 1.65. The first-order valence-electron chi connectivity index (χ1n) is 8.70. The lowest BCUT2D eigenvalue weighted by Crippen LogP contribution is -2.47. The minimum Gasteiger partial charge on any atom is -0.495 e. The molecule has 0 unspecified atom stereocenters. The number of benzene rings is 1. The molecule has 0 spiro atoms. The molecule has 1 aromatic carbocycles. The molecule has 1 saturated heterocycles. The number of hydrogen-bond acceptors (Lipinski definition) is 6. The number of methoxy groups -OCH3 is 1. The summed E-state index contributed by atoms with van der Waals surface area (Å²) in [5.41, 5.74) is 6.80. The van der Waals surface area contributed by atoms with Crippen molar-refractivity contribution in [2.24, 2.45) is 10.7 Å². The number of hydrogen-bond donors (Lipinski definition) is 2. The van der Waals surface area contributed by atoms with Crippen molar-refractivity contribution in [3.05, 3.63) is 42.7 Å². The number of nitrogens with two attached hydrogens (primary N) is 1. The van der Waals surface area contributed by atoms with Gasteiger partial charge in [0.15, 0.2) is 5.96 Å². The molecular weight excluding hydrogens is 457 g/mol. The molecule has 146 valence electrons. The average Bonchev–Trinajstić information content (AvgIpc) is 2.69. The zero-order valence-corrected chi connectivity index (χ0v) is 17.7. The first kappa shape index (κ1) is 21.2. The third-order valence-electron chi connectivity index (χ3n) is 4.28. The Morgan fingerprint density at radius 3 is 2.56 bits per heavy atom. The molecular formula is C18H26IN7O. The fourth-order valence-corrected chi connectivity index (χ4v) is 2.86. The van der Waals surface area contributed by atoms with E-state index in [-0.39, 0.29) is 24.0 Å². The van der Waals surface area contributed by atoms with Crippen molar-refractivity contribution in [2.75, 3.05) is 56.6 Å². The second-order valence-electron chi connectivity index (χ2n) is 5.97. The van der Waals surface area contributed by atoms with Crippen molar-refractivity contribution < 1.29 is 4.74 Å². The van der Waals surface area contributed by atoms with Crippen LogP contribution in [0.2, 0.25) is 0 Å². The lowest BCUT2D eigenvalue weighted by atomic mass is 10.3. The van der Waals surface area contributed by atoms with E-state index in [2.05, 4.69) is 30.1 Å². The van der Waals surface area contributed by atoms with Crippen LogP contribution in [0.3, 0.4) is 0 Å². The Morgan fingerprint density at radius 1 is 1.15 bits per heavy atom. The normalized spacial score (nSPS) is 15.1. The molecule has 1 fully saturated rings. The number of guanidine groups is 1. The van der Waals surface area contributed by atoms with Crippen LogP contribution in [0.5, 0.6) is 5.75 Å². The molecule has 8 nitrogen and oxygen atoms in total. The zero-order chi connectivity index (χ0) is 18.2. The van der Waals surface area contributed by atoms with Crippen molar-refractivity contribution in [1.29, 1.82) is 0 Å². The third-order valence-corrected chi connectivity index (χ3v) is 4.28. The molecule has 2 heterocycles. The largest absolute Gasteiger partial charge is 0.495 e. The number of nitrogens with one attached hydrogen (secondary N) is 1. The fraction of sp³-hybridized carbons (Fsp3) is 0.389. The highest BCUT2D eigenvalue weighted by atomic mass is 127. The van der Waals surface area contributed by atoms with E-state index >= 15 is 0 Å². The SMILES string of the molecule is COc1ccccc1NC(N)=NCCN1CCN(c2ncccn2)CC1.I. The summed E-state index contributed by atoms with van der Waals surface area (Å²) in [5.74, 6) is 1.94. The molecule has 1 aliphatic rings. The van der Waals surface area contributed by atoms with Gasteiger partial charge in [-0.25, -0.2) is 9.97 Å². The Morgan fingerprint density at radius 2 is 1.85 bits per heavy atom. The minimum absolute atomic E-state index is 0. The van der Waals surface area contributed by atoms with Gasteiger partial charge >= 0.3 is 0 Å². The summed E-state index contributed by atoms with van der Waals surface area (Å²) in [5, 5.41) is 3.09. The number of aromatic nitrogens is 2. The number of para-hydroxylation sites is 2. The van der Waals surface area contributed by atoms with Gasteiger partial charge < -0.3 is 20.7 Å². The van der Waals surface area contributed by atoms with Gasteiger partial charge in [-0.3, -0.25) is 9.89 Å². The van der Waals surface area contributed by atoms with Gasteiger partial charge in [-0.05, 0) is 18.2 Å². The van der Waals surface area contributed by atoms with E-state index in [1.165, 1.54) is 0 Å². The molecule has 0 amide bonds. The second-order valence-corrected chi connectivity index (χ2v) is 5.97. The molecule has 3 N–H and O–H groups in total. The summed E-state index contributed by atoms with van der Waals surface area (Å²) < 4.78 is 5.30. The van der Waals surface area contributed by atoms with Crippen LogP contribution in [0.25, 0.3) is 0 Å². The standard InChI is InChI=1S/C18H25N7O.HI/c1-26-16-6-3-2-5-15(16)23-17(19)20-9-10-24-11-13-25(14-12-24)18-21-7-4-8-22-18;/h2-8H,9-14H2,1H3,(H3,19,20,23);1H. The second kappa shape index (κ2) is 10.9. The van der Waals surface area contributed by atoms with E-state index in [0.29, 0.717) is 12.5 Å². The van der Waals surface area contributed by atoms with E-state index in [1.807, 2.05) is 30.3 Å². The van der Waals surface area contributed by atoms with Crippen molar-refractivity contribution in [2.45, 2.75) is 0 Å². The first-order chi connectivity index (χ1) is 12.8. The highest BCUT2D eigenvalue weighted by Gasteiger charge is 2.18. The van der Waals surface area contributed by atoms with Gasteiger partial charge in [0.1, 0.15) is 5.75 Å². The van der Waals surface area contributed by atoms with Crippen molar-refractivity contribution in [3.63, 3.8) is 0 Å². The smallest absolute Gasteiger partial charge is 0.225 e. The third kappa shape index (κ3) is 6.21. The predicted molar refractivity (Wildman–Crippen MR) is 119 cm³/mol. The number of piperazine rings is 1. The topological polar surface area (TPSA) is 91.9 Å². The molecule has 27 heavy (non-hydrogen) atoms. The van der Waals surface area contributed by atoms with E-state index < -0.39 is 0 Å². The van der Waals surface area contributed by atoms with Crippen molar-refractivity contribution in [3.8, 4) is 5.75 Å². The number of anilines is 2. The van der Waals surface area contributed by atoms with Crippen LogP contribution in [-0.4, -0.2) is 67.2 Å². The lowest BCUT2D eigenvalue weighted by molar-refractivity contribution is 0.264. The Labute approximate surface area is 176 Å². The average molecular weight is 483 g/mol. The van der Waals surface area contributed by atoms with E-state index in [1.54, 1.807) is 19.5 Å². The number of aliphatic imine (C=N–C) groups is 1. The van der Waals surface area contributed by atoms with Gasteiger partial charge in [0, 0.05) is 45.1 Å². The molecule has 3 rings (SSSR count). The zero-order valence-electron chi connectivity index (χ0n) is 15.4. The highest BCUT2D eigenvalue weighted by Crippen LogP contribution is 2.22. The summed E-state index contributed by atoms with van der Waals surface area (Å²) in [6, 6.07) is 9.46. The number of ether oxygens (including phenoxy) is 1. The van der Waals surface area contributed by atoms with Crippen molar-refractivity contribution in [1.82, 2.24) is 14.9 Å². The monoisotopic (exact) mass is 483 g/mol. The Hall–Kier alpha value is -2.14. The molecule has 1 aromatic heterocycles. The van der Waals surface area contributed by atoms with Crippen LogP contribution in [0.15, 0.2) is 47.7 Å². The Balaban J connectivity index is 0.00000261. The molecule has 0 aliphatic carbocycles. The van der Waals surface area contributed by atoms with Crippen LogP contribution in [0, 0.1) is 0 Å². The summed E-state index contributed by atoms with van der Waals surface area (Å²) in [6.07, 6.45) is 3.56. The van der Waals surface area contributed by atoms with Crippen LogP contribution >= 0.6 is 24.0 Å². The molecule has 9 heteroatoms. The van der Waals surface area contributed by atoms with E-state index in [9.17, 15) is 0 Å². The van der Waals surface area contributed by atoms with Gasteiger partial charge in [-0.15, -0.1) is 24.0 Å². The molecule has 1 aliphatic heterocycles. The first-order valence-corrected chi connectivity index (χ1v) is 8.70. The summed E-state index contributed by atoms with van der Waals surface area (Å²) in [7, 11) is 1.63. The Bertz CT molecular complexity index is 721.